The average molecular weight is 264 g/mol. The Labute approximate surface area is 106 Å². The number of nitrogens with zero attached hydrogens (tertiary/aromatic N) is 1. The van der Waals surface area contributed by atoms with Gasteiger partial charge < -0.3 is 5.73 Å². The highest BCUT2D eigenvalue weighted by Crippen LogP contribution is 2.17. The van der Waals surface area contributed by atoms with Crippen molar-refractivity contribution in [3.63, 3.8) is 0 Å². The summed E-state index contributed by atoms with van der Waals surface area (Å²) >= 11 is 0. The van der Waals surface area contributed by atoms with Crippen LogP contribution >= 0.6 is 0 Å². The third kappa shape index (κ3) is 5.36. The molecule has 104 valence electrons. The van der Waals surface area contributed by atoms with Crippen molar-refractivity contribution in [2.75, 3.05) is 31.1 Å². The van der Waals surface area contributed by atoms with Crippen LogP contribution in [-0.2, 0) is 9.84 Å². The van der Waals surface area contributed by atoms with Gasteiger partial charge in [0.1, 0.15) is 0 Å². The van der Waals surface area contributed by atoms with E-state index in [0.29, 0.717) is 19.5 Å². The Morgan fingerprint density at radius 2 is 1.76 bits per heavy atom. The maximum absolute atomic E-state index is 11.7. The summed E-state index contributed by atoms with van der Waals surface area (Å²) in [5.74, 6) is 0.528. The zero-order valence-corrected chi connectivity index (χ0v) is 12.5. The van der Waals surface area contributed by atoms with E-state index in [9.17, 15) is 8.42 Å². The molecule has 0 aromatic heterocycles. The van der Waals surface area contributed by atoms with Crippen LogP contribution in [0.2, 0.25) is 0 Å². The van der Waals surface area contributed by atoms with Gasteiger partial charge in [0, 0.05) is 24.4 Å². The first-order valence-electron chi connectivity index (χ1n) is 6.50. The maximum atomic E-state index is 11.7. The minimum Gasteiger partial charge on any atom is -0.329 e. The van der Waals surface area contributed by atoms with Crippen LogP contribution in [0.4, 0.5) is 0 Å². The summed E-state index contributed by atoms with van der Waals surface area (Å²) in [4.78, 5) is 2.18. The summed E-state index contributed by atoms with van der Waals surface area (Å²) in [6.07, 6.45) is 1.63. The lowest BCUT2D eigenvalue weighted by molar-refractivity contribution is 0.121. The molecule has 0 amide bonds. The van der Waals surface area contributed by atoms with Crippen molar-refractivity contribution in [1.82, 2.24) is 4.90 Å². The number of hydrogen-bond donors (Lipinski definition) is 1. The van der Waals surface area contributed by atoms with Gasteiger partial charge in [-0.15, -0.1) is 0 Å². The first-order chi connectivity index (χ1) is 7.85. The molecule has 0 saturated carbocycles. The molecule has 0 aromatic rings. The van der Waals surface area contributed by atoms with E-state index >= 15 is 0 Å². The van der Waals surface area contributed by atoms with E-state index in [1.807, 2.05) is 6.92 Å². The van der Waals surface area contributed by atoms with E-state index in [0.717, 1.165) is 13.0 Å². The molecule has 0 aromatic carbocycles. The van der Waals surface area contributed by atoms with Crippen molar-refractivity contribution in [3.8, 4) is 0 Å². The van der Waals surface area contributed by atoms with Crippen LogP contribution in [0.1, 0.15) is 40.5 Å². The zero-order chi connectivity index (χ0) is 13.5. The summed E-state index contributed by atoms with van der Waals surface area (Å²) in [5.41, 5.74) is 5.71. The predicted molar refractivity (Wildman–Crippen MR) is 73.9 cm³/mol. The number of sulfone groups is 1. The average Bonchev–Trinajstić information content (AvgIpc) is 2.29. The number of nitrogens with two attached hydrogens (primary N) is 1. The molecule has 0 bridgehead atoms. The van der Waals surface area contributed by atoms with Crippen LogP contribution < -0.4 is 5.73 Å². The standard InChI is InChI=1S/C12H28N2O2S/c1-5-9-17(15,16)10-8-14(7-3)12(4,6-2)11-13/h5-11,13H2,1-4H3. The molecule has 0 heterocycles. The Kier molecular flexibility index (Phi) is 7.28. The summed E-state index contributed by atoms with van der Waals surface area (Å²) in [5, 5.41) is 0. The molecule has 5 heteroatoms. The zero-order valence-electron chi connectivity index (χ0n) is 11.7. The lowest BCUT2D eigenvalue weighted by atomic mass is 9.96. The Balaban J connectivity index is 4.52. The van der Waals surface area contributed by atoms with Crippen LogP contribution in [0.25, 0.3) is 0 Å². The third-order valence-electron chi connectivity index (χ3n) is 3.53. The van der Waals surface area contributed by atoms with Crippen LogP contribution in [0, 0.1) is 0 Å². The SMILES string of the molecule is CCCS(=O)(=O)CCN(CC)C(C)(CC)CN. The van der Waals surface area contributed by atoms with Crippen molar-refractivity contribution in [2.24, 2.45) is 5.73 Å². The second-order valence-corrected chi connectivity index (χ2v) is 7.09. The number of likely N-dealkylation sites (N-methyl/N-ethyl adjacent to an activating group) is 1. The van der Waals surface area contributed by atoms with E-state index in [4.69, 9.17) is 5.73 Å². The van der Waals surface area contributed by atoms with E-state index in [1.165, 1.54) is 0 Å². The Morgan fingerprint density at radius 3 is 2.12 bits per heavy atom. The van der Waals surface area contributed by atoms with Crippen molar-refractivity contribution >= 4 is 9.84 Å². The molecule has 0 rings (SSSR count). The molecular weight excluding hydrogens is 236 g/mol. The normalized spacial score (nSPS) is 16.1. The van der Waals surface area contributed by atoms with Crippen molar-refractivity contribution < 1.29 is 8.42 Å². The topological polar surface area (TPSA) is 63.4 Å². The van der Waals surface area contributed by atoms with Crippen molar-refractivity contribution in [1.29, 1.82) is 0 Å². The van der Waals surface area contributed by atoms with Gasteiger partial charge in [-0.3, -0.25) is 4.90 Å². The quantitative estimate of drug-likeness (QED) is 0.681. The third-order valence-corrected chi connectivity index (χ3v) is 5.37. The van der Waals surface area contributed by atoms with Crippen LogP contribution in [0.5, 0.6) is 0 Å². The fourth-order valence-corrected chi connectivity index (χ4v) is 3.29. The Bertz CT molecular complexity index is 298. The summed E-state index contributed by atoms with van der Waals surface area (Å²) in [6, 6.07) is 0. The summed E-state index contributed by atoms with van der Waals surface area (Å²) in [7, 11) is -2.90. The maximum Gasteiger partial charge on any atom is 0.151 e. The Morgan fingerprint density at radius 1 is 1.18 bits per heavy atom. The first-order valence-corrected chi connectivity index (χ1v) is 8.32. The van der Waals surface area contributed by atoms with Gasteiger partial charge in [0.15, 0.2) is 9.84 Å². The highest BCUT2D eigenvalue weighted by atomic mass is 32.2. The molecular formula is C12H28N2O2S. The van der Waals surface area contributed by atoms with Gasteiger partial charge in [0.2, 0.25) is 0 Å². The monoisotopic (exact) mass is 264 g/mol. The Hall–Kier alpha value is -0.130. The molecule has 17 heavy (non-hydrogen) atoms. The van der Waals surface area contributed by atoms with Gasteiger partial charge in [-0.25, -0.2) is 8.42 Å². The van der Waals surface area contributed by atoms with Crippen molar-refractivity contribution in [3.05, 3.63) is 0 Å². The number of rotatable bonds is 9. The minimum atomic E-state index is -2.90. The van der Waals surface area contributed by atoms with Crippen molar-refractivity contribution in [2.45, 2.75) is 46.1 Å². The largest absolute Gasteiger partial charge is 0.329 e. The van der Waals surface area contributed by atoms with Crippen LogP contribution in [0.15, 0.2) is 0 Å². The van der Waals surface area contributed by atoms with E-state index in [2.05, 4.69) is 25.7 Å². The summed E-state index contributed by atoms with van der Waals surface area (Å²) < 4.78 is 23.4. The van der Waals surface area contributed by atoms with Gasteiger partial charge in [0.25, 0.3) is 0 Å². The van der Waals surface area contributed by atoms with Gasteiger partial charge in [0.05, 0.1) is 5.75 Å². The molecule has 0 aliphatic rings. The van der Waals surface area contributed by atoms with Gasteiger partial charge in [-0.1, -0.05) is 20.8 Å². The van der Waals surface area contributed by atoms with Gasteiger partial charge in [-0.05, 0) is 26.3 Å². The lowest BCUT2D eigenvalue weighted by Gasteiger charge is -2.39. The van der Waals surface area contributed by atoms with E-state index < -0.39 is 9.84 Å². The molecule has 0 fully saturated rings. The second-order valence-electron chi connectivity index (χ2n) is 4.79. The van der Waals surface area contributed by atoms with Crippen LogP contribution in [-0.4, -0.2) is 50.0 Å². The molecule has 0 aliphatic heterocycles. The highest BCUT2D eigenvalue weighted by Gasteiger charge is 2.28. The molecule has 0 spiro atoms. The smallest absolute Gasteiger partial charge is 0.151 e. The molecule has 0 aliphatic carbocycles. The minimum absolute atomic E-state index is 0.0868. The molecule has 2 N–H and O–H groups in total. The lowest BCUT2D eigenvalue weighted by Crippen LogP contribution is -2.52. The molecule has 1 atom stereocenters. The number of hydrogen-bond acceptors (Lipinski definition) is 4. The van der Waals surface area contributed by atoms with E-state index in [-0.39, 0.29) is 17.0 Å². The molecule has 1 unspecified atom stereocenters. The van der Waals surface area contributed by atoms with Crippen LogP contribution in [0.3, 0.4) is 0 Å². The highest BCUT2D eigenvalue weighted by molar-refractivity contribution is 7.91. The van der Waals surface area contributed by atoms with E-state index in [1.54, 1.807) is 0 Å². The second kappa shape index (κ2) is 7.34. The fraction of sp³-hybridized carbons (Fsp3) is 1.00. The fourth-order valence-electron chi connectivity index (χ4n) is 1.97. The first kappa shape index (κ1) is 16.9. The van der Waals surface area contributed by atoms with Gasteiger partial charge >= 0.3 is 0 Å². The molecule has 4 nitrogen and oxygen atoms in total. The molecule has 0 radical (unpaired) electrons. The molecule has 0 saturated heterocycles. The predicted octanol–water partition coefficient (Wildman–Crippen LogP) is 1.26. The summed E-state index contributed by atoms with van der Waals surface area (Å²) in [6.45, 7) is 10.1. The van der Waals surface area contributed by atoms with Gasteiger partial charge in [-0.2, -0.15) is 0 Å².